The van der Waals surface area contributed by atoms with E-state index in [9.17, 15) is 4.79 Å². The molecule has 1 aliphatic heterocycles. The molecule has 0 bridgehead atoms. The van der Waals surface area contributed by atoms with Crippen LogP contribution in [0, 0.1) is 0 Å². The number of carbonyl (C=O) groups excluding carboxylic acids is 1. The van der Waals surface area contributed by atoms with Crippen LogP contribution in [0.2, 0.25) is 0 Å². The summed E-state index contributed by atoms with van der Waals surface area (Å²) < 4.78 is 5.55. The van der Waals surface area contributed by atoms with Gasteiger partial charge >= 0.3 is 11.9 Å². The van der Waals surface area contributed by atoms with E-state index in [-0.39, 0.29) is 18.1 Å². The number of rotatable bonds is 7. The van der Waals surface area contributed by atoms with Gasteiger partial charge in [-0.1, -0.05) is 30.3 Å². The standard InChI is InChI=1S/C17H26N2O2.C2H2O4/c1-14(2)19(13-15-7-4-3-5-8-15)17(20)12-18-11-16-9-6-10-21-16;3-1(4)2(5)6/h3-5,7-8,14,16,18H,6,9-13H2,1-2H3;(H,3,4)(H,5,6). The Morgan fingerprint density at radius 1 is 1.19 bits per heavy atom. The molecule has 2 rings (SSSR count). The van der Waals surface area contributed by atoms with Gasteiger partial charge in [-0.15, -0.1) is 0 Å². The summed E-state index contributed by atoms with van der Waals surface area (Å²) in [4.78, 5) is 32.5. The van der Waals surface area contributed by atoms with Crippen LogP contribution in [0.5, 0.6) is 0 Å². The fourth-order valence-corrected chi connectivity index (χ4v) is 2.59. The van der Waals surface area contributed by atoms with Gasteiger partial charge in [0.05, 0.1) is 12.6 Å². The number of ether oxygens (including phenoxy) is 1. The molecule has 0 spiro atoms. The topological polar surface area (TPSA) is 116 Å². The van der Waals surface area contributed by atoms with Crippen LogP contribution in [0.25, 0.3) is 0 Å². The quantitative estimate of drug-likeness (QED) is 0.611. The van der Waals surface area contributed by atoms with Crippen molar-refractivity contribution in [3.8, 4) is 0 Å². The zero-order valence-electron chi connectivity index (χ0n) is 15.8. The Hall–Kier alpha value is -2.45. The second-order valence-corrected chi connectivity index (χ2v) is 6.48. The second-order valence-electron chi connectivity index (χ2n) is 6.48. The maximum absolute atomic E-state index is 12.4. The average Bonchev–Trinajstić information content (AvgIpc) is 3.14. The number of carboxylic acids is 2. The van der Waals surface area contributed by atoms with E-state index in [0.29, 0.717) is 13.1 Å². The number of hydrogen-bond donors (Lipinski definition) is 3. The predicted molar refractivity (Wildman–Crippen MR) is 99.2 cm³/mol. The molecule has 1 aromatic rings. The molecule has 150 valence electrons. The minimum Gasteiger partial charge on any atom is -0.473 e. The highest BCUT2D eigenvalue weighted by Crippen LogP contribution is 2.11. The van der Waals surface area contributed by atoms with Crippen molar-refractivity contribution in [1.29, 1.82) is 0 Å². The van der Waals surface area contributed by atoms with Crippen molar-refractivity contribution in [3.05, 3.63) is 35.9 Å². The average molecular weight is 380 g/mol. The number of carboxylic acid groups (broad SMARTS) is 2. The lowest BCUT2D eigenvalue weighted by Crippen LogP contribution is -2.43. The molecule has 1 aromatic carbocycles. The summed E-state index contributed by atoms with van der Waals surface area (Å²) in [5, 5.41) is 18.0. The van der Waals surface area contributed by atoms with Gasteiger partial charge in [0, 0.05) is 25.7 Å². The minimum atomic E-state index is -1.82. The Balaban J connectivity index is 0.000000527. The number of nitrogens with zero attached hydrogens (tertiary/aromatic N) is 1. The van der Waals surface area contributed by atoms with E-state index in [2.05, 4.69) is 31.3 Å². The van der Waals surface area contributed by atoms with Gasteiger partial charge < -0.3 is 25.2 Å². The third-order valence-corrected chi connectivity index (χ3v) is 3.99. The molecule has 1 saturated heterocycles. The van der Waals surface area contributed by atoms with Gasteiger partial charge in [-0.3, -0.25) is 4.79 Å². The highest BCUT2D eigenvalue weighted by molar-refractivity contribution is 6.27. The number of nitrogens with one attached hydrogen (secondary N) is 1. The Morgan fingerprint density at radius 2 is 1.81 bits per heavy atom. The summed E-state index contributed by atoms with van der Waals surface area (Å²) in [6, 6.07) is 10.3. The molecule has 1 unspecified atom stereocenters. The number of carbonyl (C=O) groups is 3. The molecular weight excluding hydrogens is 352 g/mol. The van der Waals surface area contributed by atoms with Gasteiger partial charge in [0.25, 0.3) is 0 Å². The fourth-order valence-electron chi connectivity index (χ4n) is 2.59. The molecular formula is C19H28N2O6. The minimum absolute atomic E-state index is 0.145. The first-order valence-corrected chi connectivity index (χ1v) is 8.93. The highest BCUT2D eigenvalue weighted by atomic mass is 16.5. The van der Waals surface area contributed by atoms with Crippen molar-refractivity contribution in [3.63, 3.8) is 0 Å². The Bertz CT molecular complexity index is 587. The summed E-state index contributed by atoms with van der Waals surface area (Å²) >= 11 is 0. The van der Waals surface area contributed by atoms with Crippen LogP contribution < -0.4 is 5.32 Å². The molecule has 1 fully saturated rings. The molecule has 1 aliphatic rings. The number of benzene rings is 1. The Kier molecular flexibility index (Phi) is 10.1. The van der Waals surface area contributed by atoms with Gasteiger partial charge in [0.2, 0.25) is 5.91 Å². The maximum Gasteiger partial charge on any atom is 0.414 e. The van der Waals surface area contributed by atoms with Crippen molar-refractivity contribution in [2.75, 3.05) is 19.7 Å². The first-order valence-electron chi connectivity index (χ1n) is 8.93. The van der Waals surface area contributed by atoms with Crippen LogP contribution in [0.1, 0.15) is 32.3 Å². The summed E-state index contributed by atoms with van der Waals surface area (Å²) in [6.45, 7) is 6.78. The van der Waals surface area contributed by atoms with E-state index in [1.807, 2.05) is 23.1 Å². The van der Waals surface area contributed by atoms with Crippen LogP contribution in [-0.2, 0) is 25.7 Å². The molecule has 0 aliphatic carbocycles. The van der Waals surface area contributed by atoms with Crippen LogP contribution in [0.4, 0.5) is 0 Å². The molecule has 8 heteroatoms. The van der Waals surface area contributed by atoms with Crippen molar-refractivity contribution in [2.24, 2.45) is 0 Å². The molecule has 3 N–H and O–H groups in total. The van der Waals surface area contributed by atoms with E-state index in [1.165, 1.54) is 5.56 Å². The van der Waals surface area contributed by atoms with Crippen molar-refractivity contribution in [1.82, 2.24) is 10.2 Å². The van der Waals surface area contributed by atoms with Crippen LogP contribution in [0.15, 0.2) is 30.3 Å². The molecule has 1 heterocycles. The SMILES string of the molecule is CC(C)N(Cc1ccccc1)C(=O)CNCC1CCCO1.O=C(O)C(=O)O. The van der Waals surface area contributed by atoms with Gasteiger partial charge in [0.1, 0.15) is 0 Å². The summed E-state index contributed by atoms with van der Waals surface area (Å²) in [7, 11) is 0. The third kappa shape index (κ3) is 9.16. The Labute approximate surface area is 159 Å². The second kappa shape index (κ2) is 12.0. The first-order chi connectivity index (χ1) is 12.8. The summed E-state index contributed by atoms with van der Waals surface area (Å²) in [6.07, 6.45) is 2.50. The zero-order valence-corrected chi connectivity index (χ0v) is 15.8. The lowest BCUT2D eigenvalue weighted by Gasteiger charge is -2.27. The van der Waals surface area contributed by atoms with Crippen LogP contribution >= 0.6 is 0 Å². The Morgan fingerprint density at radius 3 is 2.30 bits per heavy atom. The molecule has 1 atom stereocenters. The largest absolute Gasteiger partial charge is 0.473 e. The van der Waals surface area contributed by atoms with Gasteiger partial charge in [0.15, 0.2) is 0 Å². The number of hydrogen-bond acceptors (Lipinski definition) is 5. The van der Waals surface area contributed by atoms with Crippen LogP contribution in [-0.4, -0.2) is 64.8 Å². The molecule has 8 nitrogen and oxygen atoms in total. The predicted octanol–water partition coefficient (Wildman–Crippen LogP) is 1.35. The lowest BCUT2D eigenvalue weighted by molar-refractivity contribution is -0.159. The van der Waals surface area contributed by atoms with Crippen molar-refractivity contribution >= 4 is 17.8 Å². The normalized spacial score (nSPS) is 15.7. The van der Waals surface area contributed by atoms with Crippen LogP contribution in [0.3, 0.4) is 0 Å². The zero-order chi connectivity index (χ0) is 20.2. The molecule has 0 aromatic heterocycles. The van der Waals surface area contributed by atoms with E-state index < -0.39 is 11.9 Å². The molecule has 1 amide bonds. The summed E-state index contributed by atoms with van der Waals surface area (Å²) in [5.41, 5.74) is 1.17. The molecule has 0 saturated carbocycles. The van der Waals surface area contributed by atoms with Crippen molar-refractivity contribution in [2.45, 2.75) is 45.4 Å². The lowest BCUT2D eigenvalue weighted by atomic mass is 10.2. The molecule has 0 radical (unpaired) electrons. The van der Waals surface area contributed by atoms with Gasteiger partial charge in [-0.25, -0.2) is 9.59 Å². The van der Waals surface area contributed by atoms with Gasteiger partial charge in [-0.2, -0.15) is 0 Å². The maximum atomic E-state index is 12.4. The smallest absolute Gasteiger partial charge is 0.414 e. The fraction of sp³-hybridized carbons (Fsp3) is 0.526. The first kappa shape index (κ1) is 22.6. The van der Waals surface area contributed by atoms with Gasteiger partial charge in [-0.05, 0) is 32.3 Å². The number of amides is 1. The van der Waals surface area contributed by atoms with E-state index in [0.717, 1.165) is 26.0 Å². The van der Waals surface area contributed by atoms with E-state index >= 15 is 0 Å². The third-order valence-electron chi connectivity index (χ3n) is 3.99. The molecule has 27 heavy (non-hydrogen) atoms. The summed E-state index contributed by atoms with van der Waals surface area (Å²) in [5.74, 6) is -3.50. The highest BCUT2D eigenvalue weighted by Gasteiger charge is 2.19. The van der Waals surface area contributed by atoms with E-state index in [1.54, 1.807) is 0 Å². The van der Waals surface area contributed by atoms with Crippen molar-refractivity contribution < 1.29 is 29.3 Å². The monoisotopic (exact) mass is 380 g/mol. The van der Waals surface area contributed by atoms with E-state index in [4.69, 9.17) is 24.5 Å². The number of aliphatic carboxylic acids is 2.